The number of benzene rings is 1. The number of rotatable bonds is 7. The Morgan fingerprint density at radius 1 is 1.24 bits per heavy atom. The van der Waals surface area contributed by atoms with Gasteiger partial charge in [-0.15, -0.1) is 10.2 Å². The summed E-state index contributed by atoms with van der Waals surface area (Å²) in [6.45, 7) is 6.22. The smallest absolute Gasteiger partial charge is 0.259 e. The SMILES string of the molecule is CCCS(=O)(=O)N1CCc2cc(F)c(C(=O)Nc3cccc(-c4nncn4C(C)C)n3)cc2C1. The van der Waals surface area contributed by atoms with Crippen molar-refractivity contribution in [2.24, 2.45) is 0 Å². The van der Waals surface area contributed by atoms with E-state index >= 15 is 0 Å². The summed E-state index contributed by atoms with van der Waals surface area (Å²) in [6.07, 6.45) is 2.53. The van der Waals surface area contributed by atoms with Gasteiger partial charge in [0.15, 0.2) is 5.82 Å². The van der Waals surface area contributed by atoms with Crippen LogP contribution < -0.4 is 5.32 Å². The van der Waals surface area contributed by atoms with Crippen molar-refractivity contribution in [1.29, 1.82) is 0 Å². The predicted molar refractivity (Wildman–Crippen MR) is 126 cm³/mol. The molecule has 1 amide bonds. The molecule has 2 aromatic heterocycles. The molecule has 0 saturated carbocycles. The van der Waals surface area contributed by atoms with E-state index in [1.807, 2.05) is 25.3 Å². The van der Waals surface area contributed by atoms with Crippen molar-refractivity contribution in [2.75, 3.05) is 17.6 Å². The van der Waals surface area contributed by atoms with E-state index in [0.717, 1.165) is 0 Å². The van der Waals surface area contributed by atoms with Gasteiger partial charge in [-0.3, -0.25) is 4.79 Å². The van der Waals surface area contributed by atoms with Crippen molar-refractivity contribution in [3.63, 3.8) is 0 Å². The van der Waals surface area contributed by atoms with Gasteiger partial charge in [-0.05, 0) is 62.1 Å². The third-order valence-corrected chi connectivity index (χ3v) is 7.74. The van der Waals surface area contributed by atoms with E-state index in [0.29, 0.717) is 42.0 Å². The average molecular weight is 487 g/mol. The van der Waals surface area contributed by atoms with Gasteiger partial charge < -0.3 is 9.88 Å². The van der Waals surface area contributed by atoms with Gasteiger partial charge in [-0.2, -0.15) is 4.31 Å². The van der Waals surface area contributed by atoms with Gasteiger partial charge in [0.25, 0.3) is 5.91 Å². The molecule has 1 N–H and O–H groups in total. The zero-order valence-electron chi connectivity index (χ0n) is 19.3. The average Bonchev–Trinajstić information content (AvgIpc) is 3.29. The molecule has 3 aromatic rings. The monoisotopic (exact) mass is 486 g/mol. The Morgan fingerprint density at radius 2 is 2.03 bits per heavy atom. The van der Waals surface area contributed by atoms with Crippen LogP contribution >= 0.6 is 0 Å². The van der Waals surface area contributed by atoms with E-state index in [-0.39, 0.29) is 29.7 Å². The van der Waals surface area contributed by atoms with Crippen LogP contribution in [0.3, 0.4) is 0 Å². The highest BCUT2D eigenvalue weighted by atomic mass is 32.2. The van der Waals surface area contributed by atoms with Crippen LogP contribution in [0, 0.1) is 5.82 Å². The predicted octanol–water partition coefficient (Wildman–Crippen LogP) is 3.41. The minimum atomic E-state index is -3.39. The fourth-order valence-corrected chi connectivity index (χ4v) is 5.45. The summed E-state index contributed by atoms with van der Waals surface area (Å²) in [4.78, 5) is 17.4. The lowest BCUT2D eigenvalue weighted by Gasteiger charge is -2.28. The van der Waals surface area contributed by atoms with E-state index in [2.05, 4.69) is 20.5 Å². The molecular weight excluding hydrogens is 459 g/mol. The van der Waals surface area contributed by atoms with Crippen molar-refractivity contribution in [3.05, 3.63) is 59.2 Å². The summed E-state index contributed by atoms with van der Waals surface area (Å²) in [7, 11) is -3.39. The highest BCUT2D eigenvalue weighted by molar-refractivity contribution is 7.89. The molecule has 4 rings (SSSR count). The number of nitrogens with one attached hydrogen (secondary N) is 1. The second kappa shape index (κ2) is 9.59. The molecule has 0 aliphatic carbocycles. The first-order valence-electron chi connectivity index (χ1n) is 11.2. The Hall–Kier alpha value is -3.18. The number of hydrogen-bond acceptors (Lipinski definition) is 6. The molecule has 3 heterocycles. The molecule has 0 saturated heterocycles. The van der Waals surface area contributed by atoms with Crippen LogP contribution in [-0.4, -0.2) is 50.7 Å². The van der Waals surface area contributed by atoms with E-state index < -0.39 is 21.7 Å². The minimum Gasteiger partial charge on any atom is -0.310 e. The number of nitrogens with zero attached hydrogens (tertiary/aromatic N) is 5. The molecule has 0 unspecified atom stereocenters. The summed E-state index contributed by atoms with van der Waals surface area (Å²) < 4.78 is 43.0. The highest BCUT2D eigenvalue weighted by Gasteiger charge is 2.28. The van der Waals surface area contributed by atoms with E-state index in [4.69, 9.17) is 0 Å². The van der Waals surface area contributed by atoms with Crippen molar-refractivity contribution in [3.8, 4) is 11.5 Å². The molecule has 0 fully saturated rings. The zero-order chi connectivity index (χ0) is 24.5. The number of pyridine rings is 1. The molecule has 180 valence electrons. The zero-order valence-corrected chi connectivity index (χ0v) is 20.1. The molecule has 1 aliphatic rings. The number of sulfonamides is 1. The summed E-state index contributed by atoms with van der Waals surface area (Å²) >= 11 is 0. The van der Waals surface area contributed by atoms with E-state index in [1.165, 1.54) is 16.4 Å². The Kier molecular flexibility index (Phi) is 6.76. The molecule has 34 heavy (non-hydrogen) atoms. The van der Waals surface area contributed by atoms with Gasteiger partial charge in [-0.1, -0.05) is 13.0 Å². The lowest BCUT2D eigenvalue weighted by Crippen LogP contribution is -2.37. The van der Waals surface area contributed by atoms with Crippen molar-refractivity contribution < 1.29 is 17.6 Å². The first kappa shape index (κ1) is 24.0. The van der Waals surface area contributed by atoms with Gasteiger partial charge >= 0.3 is 0 Å². The van der Waals surface area contributed by atoms with Gasteiger partial charge in [0, 0.05) is 19.1 Å². The molecule has 9 nitrogen and oxygen atoms in total. The number of carbonyl (C=O) groups excluding carboxylic acids is 1. The standard InChI is InChI=1S/C23H27FN6O3S/c1-4-10-34(32,33)29-9-8-16-12-19(24)18(11-17(16)13-29)23(31)27-21-7-5-6-20(26-21)22-28-25-14-30(22)15(2)3/h5-7,11-12,14-15H,4,8-10,13H2,1-3H3,(H,26,27,31). The lowest BCUT2D eigenvalue weighted by molar-refractivity contribution is 0.102. The first-order chi connectivity index (χ1) is 16.2. The molecule has 1 aromatic carbocycles. The number of halogens is 1. The maximum absolute atomic E-state index is 14.8. The fourth-order valence-electron chi connectivity index (χ4n) is 3.97. The molecule has 1 aliphatic heterocycles. The van der Waals surface area contributed by atoms with Crippen molar-refractivity contribution in [1.82, 2.24) is 24.1 Å². The molecular formula is C23H27FN6O3S. The lowest BCUT2D eigenvalue weighted by atomic mass is 9.97. The number of amides is 1. The van der Waals surface area contributed by atoms with Crippen LogP contribution in [0.25, 0.3) is 11.5 Å². The maximum Gasteiger partial charge on any atom is 0.259 e. The number of fused-ring (bicyclic) bond motifs is 1. The van der Waals surface area contributed by atoms with Crippen molar-refractivity contribution >= 4 is 21.7 Å². The molecule has 0 bridgehead atoms. The molecule has 11 heteroatoms. The highest BCUT2D eigenvalue weighted by Crippen LogP contribution is 2.26. The third-order valence-electron chi connectivity index (χ3n) is 5.72. The topological polar surface area (TPSA) is 110 Å². The number of aromatic nitrogens is 4. The number of anilines is 1. The molecule has 0 atom stereocenters. The fraction of sp³-hybridized carbons (Fsp3) is 0.391. The van der Waals surface area contributed by atoms with E-state index in [9.17, 15) is 17.6 Å². The second-order valence-electron chi connectivity index (χ2n) is 8.52. The molecule has 0 spiro atoms. The minimum absolute atomic E-state index is 0.0590. The molecule has 0 radical (unpaired) electrons. The van der Waals surface area contributed by atoms with E-state index in [1.54, 1.807) is 24.5 Å². The largest absolute Gasteiger partial charge is 0.310 e. The van der Waals surface area contributed by atoms with Crippen LogP contribution in [0.4, 0.5) is 10.2 Å². The number of hydrogen-bond donors (Lipinski definition) is 1. The van der Waals surface area contributed by atoms with Gasteiger partial charge in [-0.25, -0.2) is 17.8 Å². The summed E-state index contributed by atoms with van der Waals surface area (Å²) in [6, 6.07) is 7.96. The van der Waals surface area contributed by atoms with Crippen LogP contribution in [0.2, 0.25) is 0 Å². The quantitative estimate of drug-likeness (QED) is 0.548. The Bertz CT molecular complexity index is 1320. The number of carbonyl (C=O) groups is 1. The summed E-state index contributed by atoms with van der Waals surface area (Å²) in [5.74, 6) is -0.464. The first-order valence-corrected chi connectivity index (χ1v) is 12.8. The Labute approximate surface area is 198 Å². The Balaban J connectivity index is 1.57. The van der Waals surface area contributed by atoms with Crippen LogP contribution in [0.15, 0.2) is 36.7 Å². The van der Waals surface area contributed by atoms with Crippen LogP contribution in [0.5, 0.6) is 0 Å². The second-order valence-corrected chi connectivity index (χ2v) is 10.6. The van der Waals surface area contributed by atoms with Gasteiger partial charge in [0.2, 0.25) is 10.0 Å². The summed E-state index contributed by atoms with van der Waals surface area (Å²) in [5.41, 5.74) is 1.70. The van der Waals surface area contributed by atoms with Crippen LogP contribution in [-0.2, 0) is 23.0 Å². The third kappa shape index (κ3) is 4.85. The normalized spacial score (nSPS) is 14.3. The van der Waals surface area contributed by atoms with Crippen LogP contribution in [0.1, 0.15) is 54.7 Å². The maximum atomic E-state index is 14.8. The summed E-state index contributed by atoms with van der Waals surface area (Å²) in [5, 5.41) is 10.7. The van der Waals surface area contributed by atoms with Gasteiger partial charge in [0.1, 0.15) is 23.7 Å². The van der Waals surface area contributed by atoms with Gasteiger partial charge in [0.05, 0.1) is 11.3 Å². The Morgan fingerprint density at radius 3 is 2.76 bits per heavy atom. The van der Waals surface area contributed by atoms with Crippen molar-refractivity contribution in [2.45, 2.75) is 46.2 Å².